The number of benzene rings is 6. The Morgan fingerprint density at radius 1 is 0.391 bits per heavy atom. The molecule has 0 saturated heterocycles. The van der Waals surface area contributed by atoms with E-state index in [0.717, 1.165) is 33.9 Å². The summed E-state index contributed by atoms with van der Waals surface area (Å²) in [6.45, 7) is 0. The van der Waals surface area contributed by atoms with Gasteiger partial charge in [-0.1, -0.05) is 157 Å². The normalized spacial score (nSPS) is 13.7. The highest BCUT2D eigenvalue weighted by Gasteiger charge is 2.46. The van der Waals surface area contributed by atoms with Gasteiger partial charge in [0, 0.05) is 26.5 Å². The molecular weight excluding hydrogens is 577 g/mol. The van der Waals surface area contributed by atoms with Crippen LogP contribution in [0, 0.1) is 0 Å². The fourth-order valence-corrected chi connectivity index (χ4v) is 8.33. The van der Waals surface area contributed by atoms with Crippen molar-refractivity contribution in [3.05, 3.63) is 191 Å². The highest BCUT2D eigenvalue weighted by atomic mass is 32.2. The van der Waals surface area contributed by atoms with Crippen molar-refractivity contribution >= 4 is 23.9 Å². The van der Waals surface area contributed by atoms with Crippen LogP contribution in [0.2, 0.25) is 0 Å². The SMILES string of the molecule is C1=Cc2ccc(-c3cc(-c4ccccc4)nc(-c4ccccc4)n3)cc2C2(c3ccccc31)c1ccccc1Sc1ccccc12. The maximum absolute atomic E-state index is 5.21. The molecule has 1 aromatic heterocycles. The summed E-state index contributed by atoms with van der Waals surface area (Å²) in [5.74, 6) is 0.719. The van der Waals surface area contributed by atoms with Crippen molar-refractivity contribution in [2.24, 2.45) is 0 Å². The third-order valence-corrected chi connectivity index (χ3v) is 10.3. The van der Waals surface area contributed by atoms with E-state index < -0.39 is 5.41 Å². The summed E-state index contributed by atoms with van der Waals surface area (Å²) < 4.78 is 0. The Bertz CT molecular complexity index is 2190. The molecule has 0 amide bonds. The lowest BCUT2D eigenvalue weighted by molar-refractivity contribution is 0.701. The molecule has 0 fully saturated rings. The van der Waals surface area contributed by atoms with E-state index in [1.807, 2.05) is 36.0 Å². The summed E-state index contributed by atoms with van der Waals surface area (Å²) in [5, 5.41) is 0. The van der Waals surface area contributed by atoms with Crippen LogP contribution in [0.5, 0.6) is 0 Å². The van der Waals surface area contributed by atoms with Gasteiger partial charge in [0.25, 0.3) is 0 Å². The van der Waals surface area contributed by atoms with Crippen molar-refractivity contribution in [1.82, 2.24) is 9.97 Å². The Balaban J connectivity index is 1.35. The van der Waals surface area contributed by atoms with Gasteiger partial charge < -0.3 is 0 Å². The average molecular weight is 605 g/mol. The Morgan fingerprint density at radius 3 is 1.59 bits per heavy atom. The monoisotopic (exact) mass is 604 g/mol. The maximum Gasteiger partial charge on any atom is 0.160 e. The number of hydrogen-bond donors (Lipinski definition) is 0. The quantitative estimate of drug-likeness (QED) is 0.201. The topological polar surface area (TPSA) is 25.8 Å². The molecule has 6 aromatic carbocycles. The number of fused-ring (bicyclic) bond motifs is 8. The Labute approximate surface area is 273 Å². The van der Waals surface area contributed by atoms with Gasteiger partial charge in [-0.15, -0.1) is 0 Å². The summed E-state index contributed by atoms with van der Waals surface area (Å²) in [5.41, 5.74) is 12.0. The van der Waals surface area contributed by atoms with Crippen LogP contribution in [0.1, 0.15) is 33.4 Å². The lowest BCUT2D eigenvalue weighted by atomic mass is 9.63. The van der Waals surface area contributed by atoms with Gasteiger partial charge in [-0.05, 0) is 57.6 Å². The molecule has 0 N–H and O–H groups in total. The minimum Gasteiger partial charge on any atom is -0.228 e. The summed E-state index contributed by atoms with van der Waals surface area (Å²) in [7, 11) is 0. The largest absolute Gasteiger partial charge is 0.228 e. The first-order chi connectivity index (χ1) is 22.8. The van der Waals surface area contributed by atoms with Gasteiger partial charge in [-0.25, -0.2) is 9.97 Å². The van der Waals surface area contributed by atoms with Crippen LogP contribution in [0.3, 0.4) is 0 Å². The van der Waals surface area contributed by atoms with Crippen molar-refractivity contribution < 1.29 is 0 Å². The van der Waals surface area contributed by atoms with Crippen molar-refractivity contribution in [3.8, 4) is 33.9 Å². The molecule has 1 spiro atoms. The third-order valence-electron chi connectivity index (χ3n) is 9.19. The molecule has 1 aliphatic carbocycles. The summed E-state index contributed by atoms with van der Waals surface area (Å²) in [6, 6.07) is 56.4. The molecule has 2 nitrogen and oxygen atoms in total. The van der Waals surface area contributed by atoms with Crippen molar-refractivity contribution in [2.75, 3.05) is 0 Å². The van der Waals surface area contributed by atoms with Gasteiger partial charge in [0.2, 0.25) is 0 Å². The third kappa shape index (κ3) is 4.20. The maximum atomic E-state index is 5.21. The second kappa shape index (κ2) is 10.8. The van der Waals surface area contributed by atoms with E-state index in [-0.39, 0.29) is 0 Å². The van der Waals surface area contributed by atoms with E-state index in [1.165, 1.54) is 43.2 Å². The van der Waals surface area contributed by atoms with Gasteiger partial charge in [-0.3, -0.25) is 0 Å². The van der Waals surface area contributed by atoms with Crippen molar-refractivity contribution in [1.29, 1.82) is 0 Å². The van der Waals surface area contributed by atoms with Crippen LogP contribution >= 0.6 is 11.8 Å². The fraction of sp³-hybridized carbons (Fsp3) is 0.0233. The first-order valence-corrected chi connectivity index (χ1v) is 16.4. The molecule has 2 aliphatic rings. The molecular formula is C43H28N2S. The minimum absolute atomic E-state index is 0.512. The Hall–Kier alpha value is -5.51. The van der Waals surface area contributed by atoms with E-state index in [9.17, 15) is 0 Å². The van der Waals surface area contributed by atoms with E-state index in [1.54, 1.807) is 0 Å². The predicted molar refractivity (Wildman–Crippen MR) is 190 cm³/mol. The van der Waals surface area contributed by atoms with Crippen LogP contribution < -0.4 is 0 Å². The zero-order valence-electron chi connectivity index (χ0n) is 25.0. The Kier molecular flexibility index (Phi) is 6.32. The predicted octanol–water partition coefficient (Wildman–Crippen LogP) is 10.8. The number of hydrogen-bond acceptors (Lipinski definition) is 3. The molecule has 7 aromatic rings. The molecule has 0 radical (unpaired) electrons. The zero-order chi connectivity index (χ0) is 30.5. The van der Waals surface area contributed by atoms with Crippen molar-refractivity contribution in [3.63, 3.8) is 0 Å². The molecule has 3 heteroatoms. The van der Waals surface area contributed by atoms with Gasteiger partial charge in [0.1, 0.15) is 0 Å². The summed E-state index contributed by atoms with van der Waals surface area (Å²) in [6.07, 6.45) is 4.56. The number of nitrogens with zero attached hydrogens (tertiary/aromatic N) is 2. The zero-order valence-corrected chi connectivity index (χ0v) is 25.8. The molecule has 9 rings (SSSR count). The van der Waals surface area contributed by atoms with E-state index in [2.05, 4.69) is 146 Å². The molecule has 216 valence electrons. The second-order valence-corrected chi connectivity index (χ2v) is 12.8. The highest BCUT2D eigenvalue weighted by molar-refractivity contribution is 7.99. The Morgan fingerprint density at radius 2 is 0.913 bits per heavy atom. The highest BCUT2D eigenvalue weighted by Crippen LogP contribution is 2.58. The van der Waals surface area contributed by atoms with Crippen molar-refractivity contribution in [2.45, 2.75) is 15.2 Å². The van der Waals surface area contributed by atoms with Crippen LogP contribution in [-0.2, 0) is 5.41 Å². The number of rotatable bonds is 3. The van der Waals surface area contributed by atoms with Gasteiger partial charge >= 0.3 is 0 Å². The lowest BCUT2D eigenvalue weighted by Gasteiger charge is -2.42. The van der Waals surface area contributed by atoms with E-state index in [0.29, 0.717) is 0 Å². The fourth-order valence-electron chi connectivity index (χ4n) is 7.14. The molecule has 0 saturated carbocycles. The van der Waals surface area contributed by atoms with Gasteiger partial charge in [0.15, 0.2) is 5.82 Å². The standard InChI is InChI=1S/C43H28N2S/c1-3-14-31(15-4-1)38-28-39(45-42(44-38)32-16-5-2-6-17-32)33-26-25-30-24-23-29-13-7-8-18-34(29)43(37(30)27-33)35-19-9-11-21-40(35)46-41-22-12-10-20-36(41)43/h1-28H. The van der Waals surface area contributed by atoms with E-state index >= 15 is 0 Å². The molecule has 0 unspecified atom stereocenters. The van der Waals surface area contributed by atoms with Crippen LogP contribution in [0.4, 0.5) is 0 Å². The second-order valence-electron chi connectivity index (χ2n) is 11.8. The number of aromatic nitrogens is 2. The smallest absolute Gasteiger partial charge is 0.160 e. The molecule has 1 aliphatic heterocycles. The first kappa shape index (κ1) is 26.9. The average Bonchev–Trinajstić information content (AvgIpc) is 3.27. The molecule has 0 atom stereocenters. The van der Waals surface area contributed by atoms with Crippen LogP contribution in [0.25, 0.3) is 46.1 Å². The molecule has 46 heavy (non-hydrogen) atoms. The lowest BCUT2D eigenvalue weighted by Crippen LogP contribution is -2.35. The molecule has 2 heterocycles. The van der Waals surface area contributed by atoms with Crippen LogP contribution in [-0.4, -0.2) is 9.97 Å². The molecule has 0 bridgehead atoms. The minimum atomic E-state index is -0.512. The van der Waals surface area contributed by atoms with Gasteiger partial charge in [0.05, 0.1) is 16.8 Å². The summed E-state index contributed by atoms with van der Waals surface area (Å²) >= 11 is 1.86. The van der Waals surface area contributed by atoms with E-state index in [4.69, 9.17) is 9.97 Å². The summed E-state index contributed by atoms with van der Waals surface area (Å²) in [4.78, 5) is 12.8. The first-order valence-electron chi connectivity index (χ1n) is 15.6. The van der Waals surface area contributed by atoms with Crippen LogP contribution in [0.15, 0.2) is 168 Å². The van der Waals surface area contributed by atoms with Gasteiger partial charge in [-0.2, -0.15) is 0 Å².